The molecule has 3 rings (SSSR count). The summed E-state index contributed by atoms with van der Waals surface area (Å²) in [6, 6.07) is 11.2. The number of urea groups is 1. The number of halogens is 1. The van der Waals surface area contributed by atoms with Crippen LogP contribution in [0.2, 0.25) is 5.02 Å². The minimum atomic E-state index is -0.0809. The van der Waals surface area contributed by atoms with E-state index in [0.717, 1.165) is 17.0 Å². The maximum absolute atomic E-state index is 12.3. The van der Waals surface area contributed by atoms with E-state index in [1.807, 2.05) is 44.2 Å². The first-order valence-corrected chi connectivity index (χ1v) is 8.79. The van der Waals surface area contributed by atoms with E-state index >= 15 is 0 Å². The van der Waals surface area contributed by atoms with Crippen LogP contribution in [0.25, 0.3) is 0 Å². The second-order valence-corrected chi connectivity index (χ2v) is 6.87. The number of ether oxygens (including phenoxy) is 1. The lowest BCUT2D eigenvalue weighted by Gasteiger charge is -2.38. The Hall–Kier alpha value is -2.27. The minimum Gasteiger partial charge on any atom is -0.491 e. The monoisotopic (exact) mass is 359 g/mol. The molecule has 2 aromatic rings. The highest BCUT2D eigenvalue weighted by molar-refractivity contribution is 6.30. The first-order valence-electron chi connectivity index (χ1n) is 8.41. The van der Waals surface area contributed by atoms with Crippen LogP contribution in [0.5, 0.6) is 5.75 Å². The smallest absolute Gasteiger partial charge is 0.317 e. The molecule has 0 unspecified atom stereocenters. The first-order chi connectivity index (χ1) is 12.0. The summed E-state index contributed by atoms with van der Waals surface area (Å²) in [5.74, 6) is 1.06. The average molecular weight is 360 g/mol. The molecule has 132 valence electrons. The molecule has 0 saturated carbocycles. The maximum Gasteiger partial charge on any atom is 0.317 e. The van der Waals surface area contributed by atoms with Gasteiger partial charge in [0.1, 0.15) is 5.75 Å². The molecule has 0 atom stereocenters. The number of nitrogens with one attached hydrogen (secondary N) is 1. The third-order valence-electron chi connectivity index (χ3n) is 4.09. The van der Waals surface area contributed by atoms with Gasteiger partial charge in [-0.3, -0.25) is 4.98 Å². The van der Waals surface area contributed by atoms with E-state index in [1.165, 1.54) is 0 Å². The van der Waals surface area contributed by atoms with Gasteiger partial charge in [-0.15, -0.1) is 0 Å². The summed E-state index contributed by atoms with van der Waals surface area (Å²) in [7, 11) is 0. The highest BCUT2D eigenvalue weighted by Gasteiger charge is 2.32. The predicted octanol–water partition coefficient (Wildman–Crippen LogP) is 3.83. The van der Waals surface area contributed by atoms with E-state index in [-0.39, 0.29) is 12.1 Å². The largest absolute Gasteiger partial charge is 0.491 e. The fourth-order valence-corrected chi connectivity index (χ4v) is 2.98. The van der Waals surface area contributed by atoms with Crippen LogP contribution in [-0.4, -0.2) is 35.1 Å². The van der Waals surface area contributed by atoms with Crippen molar-refractivity contribution in [2.75, 3.05) is 13.1 Å². The standard InChI is InChI=1S/C19H22ClN3O2/c1-13(2)25-18-7-6-16(20)9-14(18)10-22-19(24)23-11-15(12-23)17-5-3-4-8-21-17/h3-9,13,15H,10-12H2,1-2H3,(H,22,24). The van der Waals surface area contributed by atoms with E-state index in [2.05, 4.69) is 10.3 Å². The molecule has 6 heteroatoms. The Morgan fingerprint density at radius 3 is 2.84 bits per heavy atom. The van der Waals surface area contributed by atoms with Gasteiger partial charge >= 0.3 is 6.03 Å². The van der Waals surface area contributed by atoms with Crippen molar-refractivity contribution < 1.29 is 9.53 Å². The highest BCUT2D eigenvalue weighted by atomic mass is 35.5. The summed E-state index contributed by atoms with van der Waals surface area (Å²) in [5, 5.41) is 3.57. The van der Waals surface area contributed by atoms with Gasteiger partial charge in [0.15, 0.2) is 0 Å². The lowest BCUT2D eigenvalue weighted by Crippen LogP contribution is -2.52. The normalized spacial score (nSPS) is 14.3. The number of carbonyl (C=O) groups is 1. The minimum absolute atomic E-state index is 0.0603. The molecule has 25 heavy (non-hydrogen) atoms. The van der Waals surface area contributed by atoms with Crippen molar-refractivity contribution in [3.8, 4) is 5.75 Å². The molecule has 0 radical (unpaired) electrons. The molecule has 0 bridgehead atoms. The molecule has 1 aliphatic heterocycles. The van der Waals surface area contributed by atoms with E-state index in [9.17, 15) is 4.79 Å². The number of hydrogen-bond acceptors (Lipinski definition) is 3. The summed E-state index contributed by atoms with van der Waals surface area (Å²) < 4.78 is 5.78. The Balaban J connectivity index is 1.54. The first kappa shape index (κ1) is 17.5. The van der Waals surface area contributed by atoms with E-state index < -0.39 is 0 Å². The molecule has 1 fully saturated rings. The third-order valence-corrected chi connectivity index (χ3v) is 4.33. The molecule has 0 aliphatic carbocycles. The zero-order valence-electron chi connectivity index (χ0n) is 14.4. The van der Waals surface area contributed by atoms with Gasteiger partial charge in [-0.25, -0.2) is 4.79 Å². The quantitative estimate of drug-likeness (QED) is 0.882. The van der Waals surface area contributed by atoms with Gasteiger partial charge in [-0.1, -0.05) is 17.7 Å². The number of aromatic nitrogens is 1. The van der Waals surface area contributed by atoms with Gasteiger partial charge in [0, 0.05) is 48.0 Å². The molecule has 2 amide bonds. The van der Waals surface area contributed by atoms with Crippen LogP contribution in [0.3, 0.4) is 0 Å². The number of benzene rings is 1. The molecule has 1 aromatic heterocycles. The Morgan fingerprint density at radius 2 is 2.16 bits per heavy atom. The summed E-state index contributed by atoms with van der Waals surface area (Å²) in [6.45, 7) is 5.69. The number of nitrogens with zero attached hydrogens (tertiary/aromatic N) is 2. The van der Waals surface area contributed by atoms with Crippen LogP contribution < -0.4 is 10.1 Å². The van der Waals surface area contributed by atoms with Gasteiger partial charge in [0.05, 0.1) is 6.10 Å². The van der Waals surface area contributed by atoms with Crippen LogP contribution in [-0.2, 0) is 6.54 Å². The topological polar surface area (TPSA) is 54.5 Å². The summed E-state index contributed by atoms with van der Waals surface area (Å²) in [5.41, 5.74) is 1.91. The lowest BCUT2D eigenvalue weighted by atomic mass is 9.96. The fourth-order valence-electron chi connectivity index (χ4n) is 2.79. The third kappa shape index (κ3) is 4.42. The number of hydrogen-bond donors (Lipinski definition) is 1. The van der Waals surface area contributed by atoms with Crippen LogP contribution in [0.15, 0.2) is 42.6 Å². The molecule has 1 aliphatic rings. The molecule has 5 nitrogen and oxygen atoms in total. The Labute approximate surface area is 153 Å². The predicted molar refractivity (Wildman–Crippen MR) is 98.0 cm³/mol. The van der Waals surface area contributed by atoms with E-state index in [0.29, 0.717) is 30.6 Å². The number of amides is 2. The zero-order valence-corrected chi connectivity index (χ0v) is 15.2. The van der Waals surface area contributed by atoms with Crippen LogP contribution in [0.1, 0.15) is 31.0 Å². The van der Waals surface area contributed by atoms with Crippen molar-refractivity contribution in [3.63, 3.8) is 0 Å². The number of rotatable bonds is 5. The average Bonchev–Trinajstić information content (AvgIpc) is 2.54. The second-order valence-electron chi connectivity index (χ2n) is 6.43. The van der Waals surface area contributed by atoms with E-state index in [1.54, 1.807) is 17.2 Å². The van der Waals surface area contributed by atoms with Crippen molar-refractivity contribution in [3.05, 3.63) is 58.9 Å². The summed E-state index contributed by atoms with van der Waals surface area (Å²) in [6.07, 6.45) is 1.85. The van der Waals surface area contributed by atoms with Gasteiger partial charge in [-0.2, -0.15) is 0 Å². The molecule has 1 aromatic carbocycles. The maximum atomic E-state index is 12.3. The van der Waals surface area contributed by atoms with Crippen molar-refractivity contribution >= 4 is 17.6 Å². The molecule has 1 saturated heterocycles. The number of carbonyl (C=O) groups excluding carboxylic acids is 1. The van der Waals surface area contributed by atoms with Crippen LogP contribution >= 0.6 is 11.6 Å². The molecular weight excluding hydrogens is 338 g/mol. The van der Waals surface area contributed by atoms with Crippen molar-refractivity contribution in [2.24, 2.45) is 0 Å². The van der Waals surface area contributed by atoms with Crippen molar-refractivity contribution in [1.29, 1.82) is 0 Å². The Morgan fingerprint density at radius 1 is 1.36 bits per heavy atom. The lowest BCUT2D eigenvalue weighted by molar-refractivity contribution is 0.149. The summed E-state index contributed by atoms with van der Waals surface area (Å²) >= 11 is 6.07. The molecule has 0 spiro atoms. The Bertz CT molecular complexity index is 731. The zero-order chi connectivity index (χ0) is 17.8. The van der Waals surface area contributed by atoms with Crippen molar-refractivity contribution in [2.45, 2.75) is 32.4 Å². The van der Waals surface area contributed by atoms with Crippen LogP contribution in [0.4, 0.5) is 4.79 Å². The van der Waals surface area contributed by atoms with Gasteiger partial charge in [0.25, 0.3) is 0 Å². The van der Waals surface area contributed by atoms with Crippen molar-refractivity contribution in [1.82, 2.24) is 15.2 Å². The van der Waals surface area contributed by atoms with Gasteiger partial charge in [-0.05, 0) is 44.2 Å². The Kier molecular flexibility index (Phi) is 5.43. The van der Waals surface area contributed by atoms with Crippen LogP contribution in [0, 0.1) is 0 Å². The molecule has 2 heterocycles. The fraction of sp³-hybridized carbons (Fsp3) is 0.368. The number of pyridine rings is 1. The SMILES string of the molecule is CC(C)Oc1ccc(Cl)cc1CNC(=O)N1CC(c2ccccn2)C1. The van der Waals surface area contributed by atoms with Gasteiger partial charge in [0.2, 0.25) is 0 Å². The number of likely N-dealkylation sites (tertiary alicyclic amines) is 1. The molecular formula is C19H22ClN3O2. The van der Waals surface area contributed by atoms with E-state index in [4.69, 9.17) is 16.3 Å². The highest BCUT2D eigenvalue weighted by Crippen LogP contribution is 2.26. The second kappa shape index (κ2) is 7.74. The van der Waals surface area contributed by atoms with Gasteiger partial charge < -0.3 is 15.0 Å². The molecule has 1 N–H and O–H groups in total. The summed E-state index contributed by atoms with van der Waals surface area (Å²) in [4.78, 5) is 18.4.